The van der Waals surface area contributed by atoms with Crippen LogP contribution < -0.4 is 5.32 Å². The van der Waals surface area contributed by atoms with Crippen LogP contribution in [0, 0.1) is 0 Å². The first-order valence-electron chi connectivity index (χ1n) is 4.21. The Balaban J connectivity index is 1.98. The van der Waals surface area contributed by atoms with E-state index >= 15 is 0 Å². The van der Waals surface area contributed by atoms with Gasteiger partial charge in [-0.2, -0.15) is 11.3 Å². The summed E-state index contributed by atoms with van der Waals surface area (Å²) in [6.07, 6.45) is 1.78. The number of pyridine rings is 1. The van der Waals surface area contributed by atoms with E-state index in [1.54, 1.807) is 17.5 Å². The van der Waals surface area contributed by atoms with E-state index in [-0.39, 0.29) is 0 Å². The van der Waals surface area contributed by atoms with Gasteiger partial charge in [0.25, 0.3) is 0 Å². The number of halogens is 1. The van der Waals surface area contributed by atoms with E-state index < -0.39 is 0 Å². The summed E-state index contributed by atoms with van der Waals surface area (Å²) in [6, 6.07) is 5.98. The highest BCUT2D eigenvalue weighted by Crippen LogP contribution is 2.14. The van der Waals surface area contributed by atoms with Gasteiger partial charge >= 0.3 is 0 Å². The zero-order chi connectivity index (χ0) is 9.80. The fourth-order valence-electron chi connectivity index (χ4n) is 1.09. The molecule has 0 aliphatic carbocycles. The van der Waals surface area contributed by atoms with Crippen LogP contribution in [0.5, 0.6) is 0 Å². The highest BCUT2D eigenvalue weighted by atomic mass is 79.9. The molecule has 0 atom stereocenters. The molecule has 14 heavy (non-hydrogen) atoms. The Bertz CT molecular complexity index is 400. The second-order valence-electron chi connectivity index (χ2n) is 2.84. The Morgan fingerprint density at radius 3 is 3.07 bits per heavy atom. The number of thiophene rings is 1. The number of rotatable bonds is 3. The van der Waals surface area contributed by atoms with Gasteiger partial charge in [-0.05, 0) is 34.5 Å². The summed E-state index contributed by atoms with van der Waals surface area (Å²) < 4.78 is 1.04. The summed E-state index contributed by atoms with van der Waals surface area (Å²) in [6.45, 7) is 0.826. The Kier molecular flexibility index (Phi) is 3.16. The van der Waals surface area contributed by atoms with Gasteiger partial charge in [0, 0.05) is 17.2 Å². The summed E-state index contributed by atoms with van der Waals surface area (Å²) >= 11 is 5.11. The number of anilines is 1. The van der Waals surface area contributed by atoms with Crippen LogP contribution in [0.4, 0.5) is 5.82 Å². The fraction of sp³-hybridized carbons (Fsp3) is 0.100. The molecule has 0 bridgehead atoms. The van der Waals surface area contributed by atoms with Gasteiger partial charge in [0.2, 0.25) is 0 Å². The SMILES string of the molecule is Brc1ccnc(NCc2ccsc2)c1. The highest BCUT2D eigenvalue weighted by Gasteiger charge is 1.95. The van der Waals surface area contributed by atoms with Crippen molar-refractivity contribution in [3.05, 3.63) is 45.2 Å². The maximum absolute atomic E-state index is 4.20. The molecule has 0 fully saturated rings. The van der Waals surface area contributed by atoms with Crippen LogP contribution in [0.15, 0.2) is 39.6 Å². The molecule has 0 spiro atoms. The molecule has 4 heteroatoms. The van der Waals surface area contributed by atoms with Crippen LogP contribution >= 0.6 is 27.3 Å². The molecule has 2 rings (SSSR count). The summed E-state index contributed by atoms with van der Waals surface area (Å²) in [5, 5.41) is 7.46. The molecule has 0 saturated carbocycles. The average molecular weight is 269 g/mol. The lowest BCUT2D eigenvalue weighted by Gasteiger charge is -2.03. The zero-order valence-corrected chi connectivity index (χ0v) is 9.81. The smallest absolute Gasteiger partial charge is 0.127 e. The van der Waals surface area contributed by atoms with Gasteiger partial charge in [-0.25, -0.2) is 4.98 Å². The largest absolute Gasteiger partial charge is 0.366 e. The molecule has 72 valence electrons. The van der Waals surface area contributed by atoms with E-state index in [1.165, 1.54) is 5.56 Å². The van der Waals surface area contributed by atoms with Gasteiger partial charge in [0.15, 0.2) is 0 Å². The van der Waals surface area contributed by atoms with Crippen LogP contribution in [-0.4, -0.2) is 4.98 Å². The topological polar surface area (TPSA) is 24.9 Å². The van der Waals surface area contributed by atoms with Crippen molar-refractivity contribution in [1.29, 1.82) is 0 Å². The van der Waals surface area contributed by atoms with Gasteiger partial charge < -0.3 is 5.32 Å². The van der Waals surface area contributed by atoms with E-state index in [0.29, 0.717) is 0 Å². The standard InChI is InChI=1S/C10H9BrN2S/c11-9-1-3-12-10(5-9)13-6-8-2-4-14-7-8/h1-5,7H,6H2,(H,12,13). The molecule has 0 aromatic carbocycles. The molecule has 2 aromatic heterocycles. The Labute approximate surface area is 95.1 Å². The van der Waals surface area contributed by atoms with E-state index in [0.717, 1.165) is 16.8 Å². The van der Waals surface area contributed by atoms with Crippen LogP contribution in [0.1, 0.15) is 5.56 Å². The number of nitrogens with zero attached hydrogens (tertiary/aromatic N) is 1. The van der Waals surface area contributed by atoms with Crippen LogP contribution in [-0.2, 0) is 6.54 Å². The molecule has 0 aliphatic heterocycles. The van der Waals surface area contributed by atoms with Crippen LogP contribution in [0.25, 0.3) is 0 Å². The second kappa shape index (κ2) is 4.57. The van der Waals surface area contributed by atoms with Crippen molar-refractivity contribution in [3.8, 4) is 0 Å². The molecule has 2 aromatic rings. The van der Waals surface area contributed by atoms with E-state index in [1.807, 2.05) is 12.1 Å². The molecule has 2 heterocycles. The zero-order valence-electron chi connectivity index (χ0n) is 7.40. The van der Waals surface area contributed by atoms with Crippen LogP contribution in [0.3, 0.4) is 0 Å². The molecule has 0 aliphatic rings. The first kappa shape index (κ1) is 9.68. The highest BCUT2D eigenvalue weighted by molar-refractivity contribution is 9.10. The summed E-state index contributed by atoms with van der Waals surface area (Å²) in [5.41, 5.74) is 1.29. The number of aromatic nitrogens is 1. The third-order valence-corrected chi connectivity index (χ3v) is 3.00. The minimum Gasteiger partial charge on any atom is -0.366 e. The third kappa shape index (κ3) is 2.56. The number of hydrogen-bond acceptors (Lipinski definition) is 3. The fourth-order valence-corrected chi connectivity index (χ4v) is 2.09. The first-order valence-corrected chi connectivity index (χ1v) is 5.95. The third-order valence-electron chi connectivity index (χ3n) is 1.78. The van der Waals surface area contributed by atoms with Crippen molar-refractivity contribution in [2.75, 3.05) is 5.32 Å². The van der Waals surface area contributed by atoms with Crippen molar-refractivity contribution in [1.82, 2.24) is 4.98 Å². The van der Waals surface area contributed by atoms with Crippen molar-refractivity contribution < 1.29 is 0 Å². The van der Waals surface area contributed by atoms with Crippen LogP contribution in [0.2, 0.25) is 0 Å². The summed E-state index contributed by atoms with van der Waals surface area (Å²) in [5.74, 6) is 0.894. The Hall–Kier alpha value is -0.870. The number of hydrogen-bond donors (Lipinski definition) is 1. The molecule has 0 radical (unpaired) electrons. The van der Waals surface area contributed by atoms with E-state index in [9.17, 15) is 0 Å². The van der Waals surface area contributed by atoms with E-state index in [4.69, 9.17) is 0 Å². The average Bonchev–Trinajstić information content (AvgIpc) is 2.67. The normalized spacial score (nSPS) is 10.1. The molecule has 0 amide bonds. The van der Waals surface area contributed by atoms with Gasteiger partial charge in [-0.3, -0.25) is 0 Å². The predicted molar refractivity (Wildman–Crippen MR) is 63.6 cm³/mol. The molecular weight excluding hydrogens is 260 g/mol. The van der Waals surface area contributed by atoms with E-state index in [2.05, 4.69) is 43.1 Å². The molecule has 0 unspecified atom stereocenters. The van der Waals surface area contributed by atoms with Gasteiger partial charge in [-0.15, -0.1) is 0 Å². The molecule has 0 saturated heterocycles. The minimum atomic E-state index is 0.826. The summed E-state index contributed by atoms with van der Waals surface area (Å²) in [4.78, 5) is 4.20. The second-order valence-corrected chi connectivity index (χ2v) is 4.54. The lowest BCUT2D eigenvalue weighted by molar-refractivity contribution is 1.12. The molecular formula is C10H9BrN2S. The van der Waals surface area contributed by atoms with Gasteiger partial charge in [-0.1, -0.05) is 15.9 Å². The van der Waals surface area contributed by atoms with Gasteiger partial charge in [0.1, 0.15) is 5.82 Å². The lowest BCUT2D eigenvalue weighted by atomic mass is 10.3. The maximum atomic E-state index is 4.20. The predicted octanol–water partition coefficient (Wildman–Crippen LogP) is 3.52. The minimum absolute atomic E-state index is 0.826. The monoisotopic (exact) mass is 268 g/mol. The first-order chi connectivity index (χ1) is 6.84. The molecule has 1 N–H and O–H groups in total. The number of nitrogens with one attached hydrogen (secondary N) is 1. The summed E-state index contributed by atoms with van der Waals surface area (Å²) in [7, 11) is 0. The van der Waals surface area contributed by atoms with Crippen molar-refractivity contribution >= 4 is 33.1 Å². The maximum Gasteiger partial charge on any atom is 0.127 e. The van der Waals surface area contributed by atoms with Crippen molar-refractivity contribution in [2.45, 2.75) is 6.54 Å². The molecule has 2 nitrogen and oxygen atoms in total. The Morgan fingerprint density at radius 2 is 2.36 bits per heavy atom. The van der Waals surface area contributed by atoms with Gasteiger partial charge in [0.05, 0.1) is 0 Å². The quantitative estimate of drug-likeness (QED) is 0.922. The van der Waals surface area contributed by atoms with Crippen molar-refractivity contribution in [2.24, 2.45) is 0 Å². The Morgan fingerprint density at radius 1 is 1.43 bits per heavy atom. The van der Waals surface area contributed by atoms with Crippen molar-refractivity contribution in [3.63, 3.8) is 0 Å². The lowest BCUT2D eigenvalue weighted by Crippen LogP contribution is -1.99.